The first-order valence-corrected chi connectivity index (χ1v) is 7.21. The van der Waals surface area contributed by atoms with Crippen LogP contribution in [-0.2, 0) is 0 Å². The highest BCUT2D eigenvalue weighted by molar-refractivity contribution is 14.1. The molecule has 0 aromatic heterocycles. The van der Waals surface area contributed by atoms with E-state index in [1.54, 1.807) is 0 Å². The first-order valence-electron chi connectivity index (χ1n) is 5.08. The van der Waals surface area contributed by atoms with Gasteiger partial charge in [0, 0.05) is 33.3 Å². The Morgan fingerprint density at radius 1 is 1.53 bits per heavy atom. The third kappa shape index (κ3) is 2.72. The van der Waals surface area contributed by atoms with Crippen LogP contribution in [0.15, 0.2) is 18.2 Å². The van der Waals surface area contributed by atoms with E-state index in [0.717, 1.165) is 24.0 Å². The summed E-state index contributed by atoms with van der Waals surface area (Å²) in [5, 5.41) is 0.729. The lowest BCUT2D eigenvalue weighted by atomic mass is 10.2. The maximum atomic E-state index is 5.76. The molecule has 0 bridgehead atoms. The summed E-state index contributed by atoms with van der Waals surface area (Å²) in [6.07, 6.45) is 0. The molecule has 0 radical (unpaired) electrons. The van der Waals surface area contributed by atoms with Crippen LogP contribution in [0.3, 0.4) is 0 Å². The van der Waals surface area contributed by atoms with Gasteiger partial charge in [-0.1, -0.05) is 6.92 Å². The van der Waals surface area contributed by atoms with Gasteiger partial charge in [-0.3, -0.25) is 0 Å². The molecule has 1 aromatic rings. The summed E-state index contributed by atoms with van der Waals surface area (Å²) in [5.74, 6) is 1.22. The Morgan fingerprint density at radius 2 is 2.33 bits per heavy atom. The topological polar surface area (TPSA) is 29.3 Å². The van der Waals surface area contributed by atoms with Crippen LogP contribution in [0.4, 0.5) is 11.4 Å². The Bertz CT molecular complexity index is 356. The van der Waals surface area contributed by atoms with Gasteiger partial charge in [0.2, 0.25) is 0 Å². The highest BCUT2D eigenvalue weighted by Crippen LogP contribution is 2.28. The Labute approximate surface area is 109 Å². The Kier molecular flexibility index (Phi) is 3.66. The van der Waals surface area contributed by atoms with Crippen molar-refractivity contribution in [3.8, 4) is 0 Å². The molecule has 0 aliphatic carbocycles. The summed E-state index contributed by atoms with van der Waals surface area (Å²) in [6.45, 7) is 4.58. The van der Waals surface area contributed by atoms with E-state index in [1.165, 1.54) is 15.0 Å². The van der Waals surface area contributed by atoms with Gasteiger partial charge in [0.15, 0.2) is 0 Å². The van der Waals surface area contributed by atoms with E-state index >= 15 is 0 Å². The van der Waals surface area contributed by atoms with Gasteiger partial charge in [-0.2, -0.15) is 11.8 Å². The predicted molar refractivity (Wildman–Crippen MR) is 77.7 cm³/mol. The van der Waals surface area contributed by atoms with Crippen molar-refractivity contribution in [2.45, 2.75) is 12.2 Å². The van der Waals surface area contributed by atoms with Crippen molar-refractivity contribution >= 4 is 45.7 Å². The fourth-order valence-electron chi connectivity index (χ4n) is 1.82. The number of hydrogen-bond acceptors (Lipinski definition) is 3. The molecule has 1 fully saturated rings. The quantitative estimate of drug-likeness (QED) is 0.633. The molecular weight excluding hydrogens is 319 g/mol. The van der Waals surface area contributed by atoms with E-state index in [0.29, 0.717) is 0 Å². The molecule has 4 heteroatoms. The number of nitrogens with two attached hydrogens (primary N) is 1. The molecule has 0 amide bonds. The van der Waals surface area contributed by atoms with Gasteiger partial charge in [-0.15, -0.1) is 0 Å². The second-order valence-electron chi connectivity index (χ2n) is 3.84. The van der Waals surface area contributed by atoms with Gasteiger partial charge in [0.05, 0.1) is 5.69 Å². The van der Waals surface area contributed by atoms with Crippen LogP contribution in [0.25, 0.3) is 0 Å². The summed E-state index contributed by atoms with van der Waals surface area (Å²) in [4.78, 5) is 2.46. The van der Waals surface area contributed by atoms with Gasteiger partial charge in [-0.05, 0) is 40.8 Å². The lowest BCUT2D eigenvalue weighted by Gasteiger charge is -2.33. The third-order valence-corrected chi connectivity index (χ3v) is 4.55. The molecule has 1 unspecified atom stereocenters. The van der Waals surface area contributed by atoms with Crippen molar-refractivity contribution in [1.82, 2.24) is 0 Å². The van der Waals surface area contributed by atoms with Gasteiger partial charge in [0.1, 0.15) is 0 Å². The molecule has 15 heavy (non-hydrogen) atoms. The minimum absolute atomic E-state index is 0.729. The fourth-order valence-corrected chi connectivity index (χ4v) is 3.71. The molecule has 2 N–H and O–H groups in total. The van der Waals surface area contributed by atoms with Crippen LogP contribution in [0, 0.1) is 3.57 Å². The molecule has 1 heterocycles. The number of benzene rings is 1. The minimum Gasteiger partial charge on any atom is -0.399 e. The van der Waals surface area contributed by atoms with E-state index in [9.17, 15) is 0 Å². The van der Waals surface area contributed by atoms with Crippen LogP contribution in [0.2, 0.25) is 0 Å². The van der Waals surface area contributed by atoms with Crippen molar-refractivity contribution < 1.29 is 0 Å². The molecule has 1 aliphatic heterocycles. The molecular formula is C11H15IN2S. The molecule has 1 aromatic carbocycles. The minimum atomic E-state index is 0.729. The Morgan fingerprint density at radius 3 is 3.00 bits per heavy atom. The van der Waals surface area contributed by atoms with E-state index in [2.05, 4.69) is 52.2 Å². The van der Waals surface area contributed by atoms with E-state index in [-0.39, 0.29) is 0 Å². The number of nitrogens with zero attached hydrogens (tertiary/aromatic N) is 1. The molecule has 0 spiro atoms. The summed E-state index contributed by atoms with van der Waals surface area (Å²) in [5.41, 5.74) is 7.94. The summed E-state index contributed by atoms with van der Waals surface area (Å²) < 4.78 is 1.26. The number of nitrogen functional groups attached to an aromatic ring is 1. The highest BCUT2D eigenvalue weighted by Gasteiger charge is 2.18. The van der Waals surface area contributed by atoms with Gasteiger partial charge in [0.25, 0.3) is 0 Å². The molecule has 0 saturated carbocycles. The van der Waals surface area contributed by atoms with Crippen LogP contribution in [-0.4, -0.2) is 24.1 Å². The molecule has 1 atom stereocenters. The van der Waals surface area contributed by atoms with Gasteiger partial charge in [-0.25, -0.2) is 0 Å². The van der Waals surface area contributed by atoms with Crippen molar-refractivity contribution in [1.29, 1.82) is 0 Å². The first-order chi connectivity index (χ1) is 7.16. The second-order valence-corrected chi connectivity index (χ2v) is 6.55. The van der Waals surface area contributed by atoms with Gasteiger partial charge < -0.3 is 10.6 Å². The molecule has 2 rings (SSSR count). The lowest BCUT2D eigenvalue weighted by Crippen LogP contribution is -2.37. The number of anilines is 2. The molecule has 82 valence electrons. The summed E-state index contributed by atoms with van der Waals surface area (Å²) in [7, 11) is 0. The van der Waals surface area contributed by atoms with Crippen LogP contribution in [0.5, 0.6) is 0 Å². The van der Waals surface area contributed by atoms with Crippen molar-refractivity contribution in [3.05, 3.63) is 21.8 Å². The number of rotatable bonds is 1. The molecule has 1 aliphatic rings. The zero-order valence-electron chi connectivity index (χ0n) is 8.74. The number of hydrogen-bond donors (Lipinski definition) is 1. The first kappa shape index (κ1) is 11.4. The normalized spacial score (nSPS) is 21.7. The second kappa shape index (κ2) is 4.82. The van der Waals surface area contributed by atoms with Crippen LogP contribution in [0.1, 0.15) is 6.92 Å². The van der Waals surface area contributed by atoms with E-state index in [4.69, 9.17) is 5.73 Å². The highest BCUT2D eigenvalue weighted by atomic mass is 127. The van der Waals surface area contributed by atoms with Crippen molar-refractivity contribution in [2.24, 2.45) is 0 Å². The Balaban J connectivity index is 2.21. The monoisotopic (exact) mass is 334 g/mol. The standard InChI is InChI=1S/C11H15IN2S/c1-8-7-14(4-5-15-8)11-3-2-9(13)6-10(11)12/h2-3,6,8H,4-5,7,13H2,1H3. The average Bonchev–Trinajstić information content (AvgIpc) is 2.17. The molecule has 1 saturated heterocycles. The third-order valence-electron chi connectivity index (χ3n) is 2.55. The largest absolute Gasteiger partial charge is 0.399 e. The maximum Gasteiger partial charge on any atom is 0.0504 e. The average molecular weight is 334 g/mol. The fraction of sp³-hybridized carbons (Fsp3) is 0.455. The number of thioether (sulfide) groups is 1. The van der Waals surface area contributed by atoms with Crippen LogP contribution < -0.4 is 10.6 Å². The summed E-state index contributed by atoms with van der Waals surface area (Å²) in [6, 6.07) is 6.17. The van der Waals surface area contributed by atoms with Crippen molar-refractivity contribution in [2.75, 3.05) is 29.5 Å². The maximum absolute atomic E-state index is 5.76. The lowest BCUT2D eigenvalue weighted by molar-refractivity contribution is 0.781. The zero-order valence-corrected chi connectivity index (χ0v) is 11.7. The zero-order chi connectivity index (χ0) is 10.8. The number of halogens is 1. The smallest absolute Gasteiger partial charge is 0.0504 e. The summed E-state index contributed by atoms with van der Waals surface area (Å²) >= 11 is 4.42. The molecule has 2 nitrogen and oxygen atoms in total. The van der Waals surface area contributed by atoms with E-state index in [1.807, 2.05) is 12.1 Å². The van der Waals surface area contributed by atoms with E-state index < -0.39 is 0 Å². The van der Waals surface area contributed by atoms with Gasteiger partial charge >= 0.3 is 0 Å². The predicted octanol–water partition coefficient (Wildman–Crippen LogP) is 2.82. The van der Waals surface area contributed by atoms with Crippen LogP contribution >= 0.6 is 34.4 Å². The van der Waals surface area contributed by atoms with Crippen molar-refractivity contribution in [3.63, 3.8) is 0 Å². The SMILES string of the molecule is CC1CN(c2ccc(N)cc2I)CCS1. The Hall–Kier alpha value is -0.100.